The smallest absolute Gasteiger partial charge is 0.276 e. The molecule has 6 nitrogen and oxygen atoms in total. The summed E-state index contributed by atoms with van der Waals surface area (Å²) in [5.74, 6) is 0.797. The number of hydrogen-bond donors (Lipinski definition) is 1. The Kier molecular flexibility index (Phi) is 2.20. The van der Waals surface area contributed by atoms with E-state index in [2.05, 4.69) is 15.6 Å². The van der Waals surface area contributed by atoms with Crippen molar-refractivity contribution in [2.24, 2.45) is 5.92 Å². The van der Waals surface area contributed by atoms with Gasteiger partial charge in [0.15, 0.2) is 5.69 Å². The van der Waals surface area contributed by atoms with Crippen LogP contribution in [-0.4, -0.2) is 51.5 Å². The highest BCUT2D eigenvalue weighted by Gasteiger charge is 2.41. The fourth-order valence-corrected chi connectivity index (χ4v) is 3.33. The van der Waals surface area contributed by atoms with Crippen molar-refractivity contribution in [1.82, 2.24) is 25.2 Å². The zero-order chi connectivity index (χ0) is 12.1. The maximum absolute atomic E-state index is 12.4. The van der Waals surface area contributed by atoms with Crippen molar-refractivity contribution in [2.75, 3.05) is 19.6 Å². The Hall–Kier alpha value is -1.43. The first-order chi connectivity index (χ1) is 8.81. The van der Waals surface area contributed by atoms with Crippen molar-refractivity contribution >= 4 is 5.91 Å². The van der Waals surface area contributed by atoms with Crippen molar-refractivity contribution < 1.29 is 4.79 Å². The summed E-state index contributed by atoms with van der Waals surface area (Å²) in [4.78, 5) is 14.4. The third kappa shape index (κ3) is 1.48. The average molecular weight is 247 g/mol. The first-order valence-electron chi connectivity index (χ1n) is 6.75. The first kappa shape index (κ1) is 10.5. The minimum Gasteiger partial charge on any atom is -0.334 e. The Labute approximate surface area is 105 Å². The largest absolute Gasteiger partial charge is 0.334 e. The van der Waals surface area contributed by atoms with Crippen molar-refractivity contribution in [1.29, 1.82) is 0 Å². The summed E-state index contributed by atoms with van der Waals surface area (Å²) >= 11 is 0. The van der Waals surface area contributed by atoms with Crippen LogP contribution in [-0.2, 0) is 0 Å². The van der Waals surface area contributed by atoms with Crippen LogP contribution in [0.3, 0.4) is 0 Å². The molecule has 2 unspecified atom stereocenters. The van der Waals surface area contributed by atoms with Crippen LogP contribution >= 0.6 is 0 Å². The lowest BCUT2D eigenvalue weighted by Gasteiger charge is -2.27. The van der Waals surface area contributed by atoms with Crippen LogP contribution in [0.2, 0.25) is 0 Å². The van der Waals surface area contributed by atoms with Crippen LogP contribution in [0.25, 0.3) is 0 Å². The summed E-state index contributed by atoms with van der Waals surface area (Å²) in [5, 5.41) is 11.3. The standard InChI is InChI=1S/C12H17N5O/c18-12(16-6-8-1-2-9(16)3-8)11-7-17(15-14-11)10-4-13-5-10/h7-10,13H,1-6H2. The minimum atomic E-state index is 0.0701. The molecule has 1 aromatic rings. The number of likely N-dealkylation sites (tertiary alicyclic amines) is 1. The SMILES string of the molecule is O=C(c1cn(C2CNC2)nn1)N1CC2CCC1C2. The molecule has 4 rings (SSSR count). The minimum absolute atomic E-state index is 0.0701. The van der Waals surface area contributed by atoms with Gasteiger partial charge in [0.2, 0.25) is 0 Å². The van der Waals surface area contributed by atoms with Gasteiger partial charge in [-0.15, -0.1) is 5.10 Å². The van der Waals surface area contributed by atoms with Crippen molar-refractivity contribution in [2.45, 2.75) is 31.3 Å². The van der Waals surface area contributed by atoms with Gasteiger partial charge < -0.3 is 10.2 Å². The average Bonchev–Trinajstić information content (AvgIpc) is 3.00. The Morgan fingerprint density at radius 2 is 2.22 bits per heavy atom. The van der Waals surface area contributed by atoms with Crippen molar-refractivity contribution in [3.63, 3.8) is 0 Å². The molecule has 3 fully saturated rings. The van der Waals surface area contributed by atoms with Crippen LogP contribution in [0, 0.1) is 5.92 Å². The molecular formula is C12H17N5O. The Morgan fingerprint density at radius 3 is 2.83 bits per heavy atom. The molecule has 3 heterocycles. The number of nitrogens with one attached hydrogen (secondary N) is 1. The van der Waals surface area contributed by atoms with Gasteiger partial charge in [0, 0.05) is 25.7 Å². The van der Waals surface area contributed by atoms with Crippen molar-refractivity contribution in [3.8, 4) is 0 Å². The van der Waals surface area contributed by atoms with Crippen LogP contribution < -0.4 is 5.32 Å². The Balaban J connectivity index is 1.52. The number of nitrogens with zero attached hydrogens (tertiary/aromatic N) is 4. The quantitative estimate of drug-likeness (QED) is 0.802. The number of carbonyl (C=O) groups is 1. The van der Waals surface area contributed by atoms with E-state index in [0.29, 0.717) is 17.8 Å². The van der Waals surface area contributed by atoms with Gasteiger partial charge in [-0.25, -0.2) is 4.68 Å². The molecule has 1 aromatic heterocycles. The summed E-state index contributed by atoms with van der Waals surface area (Å²) in [6.45, 7) is 2.76. The molecule has 1 N–H and O–H groups in total. The molecule has 1 amide bonds. The molecule has 1 saturated carbocycles. The molecule has 3 aliphatic rings. The molecule has 96 valence electrons. The molecule has 2 aliphatic heterocycles. The van der Waals surface area contributed by atoms with Gasteiger partial charge >= 0.3 is 0 Å². The van der Waals surface area contributed by atoms with Crippen molar-refractivity contribution in [3.05, 3.63) is 11.9 Å². The van der Waals surface area contributed by atoms with Gasteiger partial charge in [0.05, 0.1) is 12.2 Å². The van der Waals surface area contributed by atoms with Crippen LogP contribution in [0.15, 0.2) is 6.20 Å². The molecular weight excluding hydrogens is 230 g/mol. The number of aromatic nitrogens is 3. The lowest BCUT2D eigenvalue weighted by Crippen LogP contribution is -2.43. The highest BCUT2D eigenvalue weighted by molar-refractivity contribution is 5.92. The van der Waals surface area contributed by atoms with E-state index in [1.165, 1.54) is 12.8 Å². The second-order valence-corrected chi connectivity index (χ2v) is 5.69. The summed E-state index contributed by atoms with van der Waals surface area (Å²) in [7, 11) is 0. The molecule has 2 bridgehead atoms. The Bertz CT molecular complexity index is 481. The van der Waals surface area contributed by atoms with E-state index in [-0.39, 0.29) is 5.91 Å². The van der Waals surface area contributed by atoms with Crippen LogP contribution in [0.4, 0.5) is 0 Å². The van der Waals surface area contributed by atoms with E-state index in [9.17, 15) is 4.79 Å². The van der Waals surface area contributed by atoms with E-state index in [1.807, 2.05) is 9.58 Å². The molecule has 6 heteroatoms. The monoisotopic (exact) mass is 247 g/mol. The summed E-state index contributed by atoms with van der Waals surface area (Å²) in [5.41, 5.74) is 0.509. The first-order valence-corrected chi connectivity index (χ1v) is 6.75. The van der Waals surface area contributed by atoms with E-state index in [0.717, 1.165) is 32.0 Å². The maximum Gasteiger partial charge on any atom is 0.276 e. The summed E-state index contributed by atoms with van der Waals surface area (Å²) in [6.07, 6.45) is 5.44. The van der Waals surface area contributed by atoms with E-state index in [1.54, 1.807) is 6.20 Å². The molecule has 18 heavy (non-hydrogen) atoms. The van der Waals surface area contributed by atoms with Gasteiger partial charge in [0.1, 0.15) is 0 Å². The number of fused-ring (bicyclic) bond motifs is 2. The third-order valence-electron chi connectivity index (χ3n) is 4.53. The van der Waals surface area contributed by atoms with Gasteiger partial charge in [-0.3, -0.25) is 4.79 Å². The van der Waals surface area contributed by atoms with Gasteiger partial charge in [0.25, 0.3) is 5.91 Å². The summed E-state index contributed by atoms with van der Waals surface area (Å²) in [6, 6.07) is 0.826. The van der Waals surface area contributed by atoms with Gasteiger partial charge in [-0.05, 0) is 25.2 Å². The third-order valence-corrected chi connectivity index (χ3v) is 4.53. The molecule has 0 aromatic carbocycles. The normalized spacial score (nSPS) is 30.8. The molecule has 0 radical (unpaired) electrons. The van der Waals surface area contributed by atoms with Crippen LogP contribution in [0.1, 0.15) is 35.8 Å². The lowest BCUT2D eigenvalue weighted by molar-refractivity contribution is 0.0697. The molecule has 2 atom stereocenters. The molecule has 2 saturated heterocycles. The molecule has 1 aliphatic carbocycles. The lowest BCUT2D eigenvalue weighted by atomic mass is 10.1. The fourth-order valence-electron chi connectivity index (χ4n) is 3.33. The predicted octanol–water partition coefficient (Wildman–Crippen LogP) is 0.0469. The number of hydrogen-bond acceptors (Lipinski definition) is 4. The van der Waals surface area contributed by atoms with Gasteiger partial charge in [-0.1, -0.05) is 5.21 Å². The number of amides is 1. The highest BCUT2D eigenvalue weighted by atomic mass is 16.2. The second kappa shape index (κ2) is 3.78. The maximum atomic E-state index is 12.4. The number of rotatable bonds is 2. The second-order valence-electron chi connectivity index (χ2n) is 5.69. The zero-order valence-electron chi connectivity index (χ0n) is 10.2. The fraction of sp³-hybridized carbons (Fsp3) is 0.750. The summed E-state index contributed by atoms with van der Waals surface area (Å²) < 4.78 is 1.82. The molecule has 0 spiro atoms. The van der Waals surface area contributed by atoms with Gasteiger partial charge in [-0.2, -0.15) is 0 Å². The predicted molar refractivity (Wildman–Crippen MR) is 64.1 cm³/mol. The van der Waals surface area contributed by atoms with E-state index >= 15 is 0 Å². The topological polar surface area (TPSA) is 63.1 Å². The van der Waals surface area contributed by atoms with E-state index < -0.39 is 0 Å². The zero-order valence-corrected chi connectivity index (χ0v) is 10.2. The highest BCUT2D eigenvalue weighted by Crippen LogP contribution is 2.37. The Morgan fingerprint density at radius 1 is 1.33 bits per heavy atom. The number of carbonyl (C=O) groups excluding carboxylic acids is 1. The van der Waals surface area contributed by atoms with E-state index in [4.69, 9.17) is 0 Å². The van der Waals surface area contributed by atoms with Crippen LogP contribution in [0.5, 0.6) is 0 Å². The number of piperidine rings is 1.